The molecule has 0 aliphatic carbocycles. The van der Waals surface area contributed by atoms with Crippen LogP contribution in [0.1, 0.15) is 11.3 Å². The van der Waals surface area contributed by atoms with Crippen LogP contribution in [0.15, 0.2) is 51.8 Å². The van der Waals surface area contributed by atoms with Crippen LogP contribution in [0.4, 0.5) is 0 Å². The highest BCUT2D eigenvalue weighted by molar-refractivity contribution is 14.1. The highest BCUT2D eigenvalue weighted by atomic mass is 127. The number of carbonyl (C=O) groups is 1. The van der Waals surface area contributed by atoms with Crippen LogP contribution in [0.2, 0.25) is 0 Å². The summed E-state index contributed by atoms with van der Waals surface area (Å²) < 4.78 is 28.3. The van der Waals surface area contributed by atoms with Crippen molar-refractivity contribution in [3.63, 3.8) is 0 Å². The molecule has 0 aliphatic heterocycles. The Hall–Kier alpha value is -1.65. The van der Waals surface area contributed by atoms with E-state index in [0.717, 1.165) is 9.33 Å². The largest absolute Gasteiger partial charge is 0.451 e. The number of furan rings is 1. The Kier molecular flexibility index (Phi) is 5.97. The molecule has 8 heteroatoms. The number of benzene rings is 1. The van der Waals surface area contributed by atoms with Gasteiger partial charge < -0.3 is 9.73 Å². The zero-order valence-corrected chi connectivity index (χ0v) is 15.0. The van der Waals surface area contributed by atoms with Crippen molar-refractivity contribution in [2.75, 3.05) is 6.54 Å². The average molecular weight is 446 g/mol. The molecule has 1 heterocycles. The van der Waals surface area contributed by atoms with Crippen molar-refractivity contribution in [2.24, 2.45) is 5.14 Å². The third-order valence-electron chi connectivity index (χ3n) is 2.96. The van der Waals surface area contributed by atoms with Crippen LogP contribution in [-0.4, -0.2) is 20.9 Å². The molecule has 122 valence electrons. The second-order valence-electron chi connectivity index (χ2n) is 4.71. The Morgan fingerprint density at radius 1 is 1.22 bits per heavy atom. The molecule has 0 atom stereocenters. The summed E-state index contributed by atoms with van der Waals surface area (Å²) in [5.41, 5.74) is 0.905. The maximum Gasteiger partial charge on any atom is 0.244 e. The summed E-state index contributed by atoms with van der Waals surface area (Å²) in [6, 6.07) is 9.83. The Balaban J connectivity index is 1.80. The monoisotopic (exact) mass is 446 g/mol. The summed E-state index contributed by atoms with van der Waals surface area (Å²) in [7, 11) is -3.67. The second kappa shape index (κ2) is 7.75. The van der Waals surface area contributed by atoms with E-state index in [1.807, 2.05) is 28.7 Å². The number of primary sulfonamides is 1. The molecule has 2 aromatic rings. The molecule has 6 nitrogen and oxygen atoms in total. The Labute approximate surface area is 147 Å². The molecule has 0 fully saturated rings. The van der Waals surface area contributed by atoms with Crippen LogP contribution in [0.25, 0.3) is 6.08 Å². The smallest absolute Gasteiger partial charge is 0.244 e. The van der Waals surface area contributed by atoms with Crippen LogP contribution < -0.4 is 10.5 Å². The molecule has 0 unspecified atom stereocenters. The van der Waals surface area contributed by atoms with E-state index in [9.17, 15) is 13.2 Å². The minimum atomic E-state index is -3.67. The van der Waals surface area contributed by atoms with Crippen molar-refractivity contribution in [2.45, 2.75) is 11.3 Å². The lowest BCUT2D eigenvalue weighted by molar-refractivity contribution is -0.116. The molecule has 1 aromatic carbocycles. The van der Waals surface area contributed by atoms with Crippen molar-refractivity contribution < 1.29 is 17.6 Å². The number of rotatable bonds is 6. The van der Waals surface area contributed by atoms with Gasteiger partial charge in [0.25, 0.3) is 0 Å². The summed E-state index contributed by atoms with van der Waals surface area (Å²) in [5, 5.41) is 7.77. The molecular formula is C15H15IN2O4S. The third-order valence-corrected chi connectivity index (χ3v) is 4.47. The first-order valence-electron chi connectivity index (χ1n) is 6.67. The van der Waals surface area contributed by atoms with Gasteiger partial charge in [0, 0.05) is 12.6 Å². The van der Waals surface area contributed by atoms with E-state index < -0.39 is 10.0 Å². The fraction of sp³-hybridized carbons (Fsp3) is 0.133. The van der Waals surface area contributed by atoms with Crippen molar-refractivity contribution in [3.05, 3.63) is 57.6 Å². The molecule has 0 saturated carbocycles. The molecule has 1 aromatic heterocycles. The van der Waals surface area contributed by atoms with Gasteiger partial charge in [-0.1, -0.05) is 12.1 Å². The molecule has 0 bridgehead atoms. The van der Waals surface area contributed by atoms with E-state index in [-0.39, 0.29) is 10.8 Å². The Morgan fingerprint density at radius 3 is 2.48 bits per heavy atom. The number of halogens is 1. The zero-order valence-electron chi connectivity index (χ0n) is 12.0. The van der Waals surface area contributed by atoms with Gasteiger partial charge in [0.15, 0.2) is 3.77 Å². The second-order valence-corrected chi connectivity index (χ2v) is 7.33. The minimum absolute atomic E-state index is 0.0706. The van der Waals surface area contributed by atoms with E-state index >= 15 is 0 Å². The molecule has 0 saturated heterocycles. The van der Waals surface area contributed by atoms with Crippen molar-refractivity contribution >= 4 is 44.6 Å². The van der Waals surface area contributed by atoms with Gasteiger partial charge in [0.1, 0.15) is 5.76 Å². The van der Waals surface area contributed by atoms with Gasteiger partial charge in [-0.25, -0.2) is 13.6 Å². The number of nitrogens with one attached hydrogen (secondary N) is 1. The first-order valence-corrected chi connectivity index (χ1v) is 9.30. The van der Waals surface area contributed by atoms with Crippen LogP contribution in [0, 0.1) is 3.77 Å². The van der Waals surface area contributed by atoms with E-state index in [2.05, 4.69) is 5.32 Å². The van der Waals surface area contributed by atoms with Gasteiger partial charge in [-0.3, -0.25) is 4.79 Å². The highest BCUT2D eigenvalue weighted by Gasteiger charge is 2.06. The van der Waals surface area contributed by atoms with E-state index in [4.69, 9.17) is 9.56 Å². The normalized spacial score (nSPS) is 11.7. The van der Waals surface area contributed by atoms with E-state index in [1.165, 1.54) is 18.2 Å². The topological polar surface area (TPSA) is 102 Å². The fourth-order valence-electron chi connectivity index (χ4n) is 1.81. The van der Waals surface area contributed by atoms with Gasteiger partial charge in [0.05, 0.1) is 4.90 Å². The number of carbonyl (C=O) groups excluding carboxylic acids is 1. The van der Waals surface area contributed by atoms with E-state index in [1.54, 1.807) is 24.3 Å². The van der Waals surface area contributed by atoms with Crippen LogP contribution in [-0.2, 0) is 21.2 Å². The summed E-state index contributed by atoms with van der Waals surface area (Å²) >= 11 is 2.05. The fourth-order valence-corrected chi connectivity index (χ4v) is 2.76. The molecule has 3 N–H and O–H groups in total. The lowest BCUT2D eigenvalue weighted by Gasteiger charge is -2.04. The SMILES string of the molecule is NS(=O)(=O)c1ccc(CCNC(=O)/C=C/c2ccc(I)o2)cc1. The van der Waals surface area contributed by atoms with Gasteiger partial charge in [-0.05, 0) is 64.9 Å². The first-order chi connectivity index (χ1) is 10.8. The summed E-state index contributed by atoms with van der Waals surface area (Å²) in [6.07, 6.45) is 3.58. The van der Waals surface area contributed by atoms with Gasteiger partial charge in [0.2, 0.25) is 15.9 Å². The Morgan fingerprint density at radius 2 is 1.91 bits per heavy atom. The molecular weight excluding hydrogens is 431 g/mol. The average Bonchev–Trinajstić information content (AvgIpc) is 2.90. The number of amides is 1. The van der Waals surface area contributed by atoms with Gasteiger partial charge in [-0.15, -0.1) is 0 Å². The highest BCUT2D eigenvalue weighted by Crippen LogP contribution is 2.11. The number of nitrogens with two attached hydrogens (primary N) is 1. The third kappa shape index (κ3) is 5.81. The van der Waals surface area contributed by atoms with Crippen molar-refractivity contribution in [1.29, 1.82) is 0 Å². The summed E-state index contributed by atoms with van der Waals surface area (Å²) in [4.78, 5) is 11.7. The molecule has 23 heavy (non-hydrogen) atoms. The van der Waals surface area contributed by atoms with Crippen LogP contribution in [0.3, 0.4) is 0 Å². The van der Waals surface area contributed by atoms with E-state index in [0.29, 0.717) is 18.7 Å². The van der Waals surface area contributed by atoms with Crippen molar-refractivity contribution in [3.8, 4) is 0 Å². The zero-order chi connectivity index (χ0) is 16.9. The number of sulfonamides is 1. The maximum atomic E-state index is 11.7. The van der Waals surface area contributed by atoms with Crippen LogP contribution in [0.5, 0.6) is 0 Å². The number of hydrogen-bond acceptors (Lipinski definition) is 4. The van der Waals surface area contributed by atoms with Crippen LogP contribution >= 0.6 is 22.6 Å². The standard InChI is InChI=1S/C15H15IN2O4S/c16-14-7-3-12(22-14)4-8-15(19)18-10-9-11-1-5-13(6-2-11)23(17,20)21/h1-8H,9-10H2,(H,18,19)(H2,17,20,21)/b8-4+. The molecule has 0 spiro atoms. The first kappa shape index (κ1) is 17.7. The van der Waals surface area contributed by atoms with Gasteiger partial charge >= 0.3 is 0 Å². The lowest BCUT2D eigenvalue weighted by Crippen LogP contribution is -2.23. The van der Waals surface area contributed by atoms with Crippen molar-refractivity contribution in [1.82, 2.24) is 5.32 Å². The summed E-state index contributed by atoms with van der Waals surface area (Å²) in [6.45, 7) is 0.438. The predicted molar refractivity (Wildman–Crippen MR) is 95.0 cm³/mol. The maximum absolute atomic E-state index is 11.7. The minimum Gasteiger partial charge on any atom is -0.451 e. The Bertz CT molecular complexity index is 810. The molecule has 0 aliphatic rings. The molecule has 1 amide bonds. The predicted octanol–water partition coefficient (Wildman–Crippen LogP) is 1.90. The number of hydrogen-bond donors (Lipinski definition) is 2. The van der Waals surface area contributed by atoms with Gasteiger partial charge in [-0.2, -0.15) is 0 Å². The molecule has 0 radical (unpaired) electrons. The lowest BCUT2D eigenvalue weighted by atomic mass is 10.1. The summed E-state index contributed by atoms with van der Waals surface area (Å²) in [5.74, 6) is 0.390. The quantitative estimate of drug-likeness (QED) is 0.523. The molecule has 2 rings (SSSR count).